The van der Waals surface area contributed by atoms with Crippen molar-refractivity contribution < 1.29 is 14.6 Å². The maximum absolute atomic E-state index is 10.1. The third kappa shape index (κ3) is 7.08. The lowest BCUT2D eigenvalue weighted by molar-refractivity contribution is 0.118. The molecule has 0 unspecified atom stereocenters. The van der Waals surface area contributed by atoms with Crippen molar-refractivity contribution in [3.05, 3.63) is 0 Å². The lowest BCUT2D eigenvalue weighted by Gasteiger charge is -2.10. The van der Waals surface area contributed by atoms with E-state index in [1.54, 1.807) is 6.92 Å². The summed E-state index contributed by atoms with van der Waals surface area (Å²) in [5.74, 6) is 0. The van der Waals surface area contributed by atoms with E-state index in [0.717, 1.165) is 0 Å². The molecule has 0 aromatic rings. The Labute approximate surface area is 65.5 Å². The number of rotatable bonds is 5. The van der Waals surface area contributed by atoms with E-state index in [0.29, 0.717) is 19.8 Å². The third-order valence-electron chi connectivity index (χ3n) is 1.000. The lowest BCUT2D eigenvalue weighted by Crippen LogP contribution is -2.35. The van der Waals surface area contributed by atoms with Crippen LogP contribution in [-0.4, -0.2) is 37.0 Å². The maximum Gasteiger partial charge on any atom is 0.404 e. The van der Waals surface area contributed by atoms with Crippen molar-refractivity contribution in [3.63, 3.8) is 0 Å². The molecule has 5 nitrogen and oxygen atoms in total. The van der Waals surface area contributed by atoms with E-state index in [-0.39, 0.29) is 6.04 Å². The first-order chi connectivity index (χ1) is 5.16. The van der Waals surface area contributed by atoms with Crippen molar-refractivity contribution in [3.8, 4) is 0 Å². The van der Waals surface area contributed by atoms with Gasteiger partial charge in [-0.05, 0) is 6.92 Å². The molecule has 4 N–H and O–H groups in total. The van der Waals surface area contributed by atoms with Gasteiger partial charge in [-0.25, -0.2) is 4.79 Å². The molecular weight excluding hydrogens is 148 g/mol. The minimum Gasteiger partial charge on any atom is -0.465 e. The number of nitrogens with two attached hydrogens (primary N) is 1. The van der Waals surface area contributed by atoms with Gasteiger partial charge in [-0.15, -0.1) is 0 Å². The van der Waals surface area contributed by atoms with E-state index in [2.05, 4.69) is 5.32 Å². The van der Waals surface area contributed by atoms with Crippen LogP contribution in [0.2, 0.25) is 0 Å². The second-order valence-electron chi connectivity index (χ2n) is 2.21. The minimum absolute atomic E-state index is 0.181. The number of hydrogen-bond acceptors (Lipinski definition) is 3. The maximum atomic E-state index is 10.1. The minimum atomic E-state index is -1.03. The Morgan fingerprint density at radius 3 is 2.91 bits per heavy atom. The number of ether oxygens (including phenoxy) is 1. The van der Waals surface area contributed by atoms with Gasteiger partial charge < -0.3 is 20.9 Å². The Morgan fingerprint density at radius 2 is 2.45 bits per heavy atom. The van der Waals surface area contributed by atoms with Gasteiger partial charge in [0.1, 0.15) is 0 Å². The van der Waals surface area contributed by atoms with Gasteiger partial charge in [0.2, 0.25) is 0 Å². The van der Waals surface area contributed by atoms with Crippen LogP contribution in [0, 0.1) is 0 Å². The van der Waals surface area contributed by atoms with Gasteiger partial charge in [0.25, 0.3) is 0 Å². The van der Waals surface area contributed by atoms with Crippen LogP contribution in [0.1, 0.15) is 6.92 Å². The molecule has 0 aliphatic rings. The highest BCUT2D eigenvalue weighted by molar-refractivity contribution is 5.64. The Bertz CT molecular complexity index is 118. The molecule has 0 fully saturated rings. The molecule has 0 aliphatic heterocycles. The fourth-order valence-electron chi connectivity index (χ4n) is 0.596. The first-order valence-electron chi connectivity index (χ1n) is 3.44. The summed E-state index contributed by atoms with van der Waals surface area (Å²) in [4.78, 5) is 10.1. The first kappa shape index (κ1) is 10.2. The molecule has 0 heterocycles. The summed E-state index contributed by atoms with van der Waals surface area (Å²) >= 11 is 0. The van der Waals surface area contributed by atoms with Crippen LogP contribution in [0.25, 0.3) is 0 Å². The summed E-state index contributed by atoms with van der Waals surface area (Å²) in [5, 5.41) is 10.5. The van der Waals surface area contributed by atoms with Crippen molar-refractivity contribution in [2.45, 2.75) is 13.0 Å². The van der Waals surface area contributed by atoms with E-state index in [1.165, 1.54) is 0 Å². The van der Waals surface area contributed by atoms with Crippen molar-refractivity contribution in [1.82, 2.24) is 5.32 Å². The van der Waals surface area contributed by atoms with Gasteiger partial charge in [0.05, 0.1) is 19.3 Å². The van der Waals surface area contributed by atoms with Crippen LogP contribution in [-0.2, 0) is 4.74 Å². The summed E-state index contributed by atoms with van der Waals surface area (Å²) in [6, 6.07) is -0.181. The van der Waals surface area contributed by atoms with Gasteiger partial charge in [0.15, 0.2) is 0 Å². The molecule has 0 spiro atoms. The van der Waals surface area contributed by atoms with Crippen LogP contribution >= 0.6 is 0 Å². The Kier molecular flexibility index (Phi) is 5.50. The number of amides is 1. The molecule has 0 aromatic carbocycles. The summed E-state index contributed by atoms with van der Waals surface area (Å²) in [6.45, 7) is 3.01. The van der Waals surface area contributed by atoms with Crippen LogP contribution in [0.3, 0.4) is 0 Å². The van der Waals surface area contributed by atoms with Gasteiger partial charge in [-0.3, -0.25) is 0 Å². The fourth-order valence-corrected chi connectivity index (χ4v) is 0.596. The predicted octanol–water partition coefficient (Wildman–Crippen LogP) is -0.382. The van der Waals surface area contributed by atoms with Crippen molar-refractivity contribution in [1.29, 1.82) is 0 Å². The zero-order chi connectivity index (χ0) is 8.69. The SMILES string of the molecule is C[C@@H](COCCN)NC(=O)O. The number of hydrogen-bond donors (Lipinski definition) is 3. The van der Waals surface area contributed by atoms with E-state index < -0.39 is 6.09 Å². The second kappa shape index (κ2) is 5.94. The molecule has 5 heteroatoms. The van der Waals surface area contributed by atoms with Crippen molar-refractivity contribution >= 4 is 6.09 Å². The van der Waals surface area contributed by atoms with Crippen LogP contribution < -0.4 is 11.1 Å². The summed E-state index contributed by atoms with van der Waals surface area (Å²) in [5.41, 5.74) is 5.15. The third-order valence-corrected chi connectivity index (χ3v) is 1.000. The smallest absolute Gasteiger partial charge is 0.404 e. The van der Waals surface area contributed by atoms with Gasteiger partial charge in [-0.2, -0.15) is 0 Å². The van der Waals surface area contributed by atoms with E-state index in [1.807, 2.05) is 0 Å². The molecule has 0 aliphatic carbocycles. The van der Waals surface area contributed by atoms with E-state index in [9.17, 15) is 4.79 Å². The van der Waals surface area contributed by atoms with Crippen molar-refractivity contribution in [2.75, 3.05) is 19.8 Å². The summed E-state index contributed by atoms with van der Waals surface area (Å²) in [7, 11) is 0. The quantitative estimate of drug-likeness (QED) is 0.481. The molecule has 1 atom stereocenters. The normalized spacial score (nSPS) is 12.5. The van der Waals surface area contributed by atoms with Crippen LogP contribution in [0.4, 0.5) is 4.79 Å². The first-order valence-corrected chi connectivity index (χ1v) is 3.44. The van der Waals surface area contributed by atoms with Crippen LogP contribution in [0.15, 0.2) is 0 Å². The fraction of sp³-hybridized carbons (Fsp3) is 0.833. The van der Waals surface area contributed by atoms with E-state index >= 15 is 0 Å². The monoisotopic (exact) mass is 162 g/mol. The Morgan fingerprint density at radius 1 is 1.82 bits per heavy atom. The summed E-state index contributed by atoms with van der Waals surface area (Å²) < 4.78 is 4.99. The zero-order valence-corrected chi connectivity index (χ0v) is 6.54. The second-order valence-corrected chi connectivity index (χ2v) is 2.21. The largest absolute Gasteiger partial charge is 0.465 e. The molecule has 66 valence electrons. The number of nitrogens with one attached hydrogen (secondary N) is 1. The number of carboxylic acid groups (broad SMARTS) is 1. The average molecular weight is 162 g/mol. The highest BCUT2D eigenvalue weighted by Crippen LogP contribution is 1.82. The van der Waals surface area contributed by atoms with Crippen molar-refractivity contribution in [2.24, 2.45) is 5.73 Å². The topological polar surface area (TPSA) is 84.6 Å². The van der Waals surface area contributed by atoms with E-state index in [4.69, 9.17) is 15.6 Å². The molecule has 0 radical (unpaired) electrons. The predicted molar refractivity (Wildman–Crippen MR) is 40.5 cm³/mol. The Balaban J connectivity index is 3.22. The molecular formula is C6H14N2O3. The molecule has 0 aromatic heterocycles. The summed E-state index contributed by atoms with van der Waals surface area (Å²) in [6.07, 6.45) is -1.03. The van der Waals surface area contributed by atoms with Gasteiger partial charge >= 0.3 is 6.09 Å². The van der Waals surface area contributed by atoms with Crippen LogP contribution in [0.5, 0.6) is 0 Å². The molecule has 0 saturated heterocycles. The number of carbonyl (C=O) groups is 1. The average Bonchev–Trinajstić information content (AvgIpc) is 1.86. The van der Waals surface area contributed by atoms with Gasteiger partial charge in [0, 0.05) is 6.54 Å². The highest BCUT2D eigenvalue weighted by Gasteiger charge is 2.03. The van der Waals surface area contributed by atoms with Gasteiger partial charge in [-0.1, -0.05) is 0 Å². The standard InChI is InChI=1S/C6H14N2O3/c1-5(8-6(9)10)4-11-3-2-7/h5,8H,2-4,7H2,1H3,(H,9,10)/t5-/m0/s1. The molecule has 11 heavy (non-hydrogen) atoms. The molecule has 0 bridgehead atoms. The Hall–Kier alpha value is -0.810. The zero-order valence-electron chi connectivity index (χ0n) is 6.54. The molecule has 1 amide bonds. The lowest BCUT2D eigenvalue weighted by atomic mass is 10.4. The molecule has 0 saturated carbocycles. The molecule has 0 rings (SSSR count). The highest BCUT2D eigenvalue weighted by atomic mass is 16.5.